The standard InChI is InChI=1S/C12H12BrN3S/c13-10-6-14-7-16-12(10)15-5-9-4-8-2-1-3-11(8)17-9/h4,6-7H,1-3,5H2,(H,14,15,16). The summed E-state index contributed by atoms with van der Waals surface area (Å²) in [6, 6.07) is 2.33. The first-order valence-corrected chi connectivity index (χ1v) is 7.24. The Morgan fingerprint density at radius 3 is 3.18 bits per heavy atom. The number of thiophene rings is 1. The van der Waals surface area contributed by atoms with Gasteiger partial charge in [0.1, 0.15) is 12.1 Å². The molecule has 0 aromatic carbocycles. The quantitative estimate of drug-likeness (QED) is 0.944. The lowest BCUT2D eigenvalue weighted by atomic mass is 10.2. The largest absolute Gasteiger partial charge is 0.364 e. The molecule has 0 atom stereocenters. The molecule has 0 fully saturated rings. The Bertz CT molecular complexity index is 517. The monoisotopic (exact) mass is 309 g/mol. The number of rotatable bonds is 3. The average Bonchev–Trinajstić information content (AvgIpc) is 2.88. The number of aromatic nitrogens is 2. The van der Waals surface area contributed by atoms with Crippen molar-refractivity contribution in [2.75, 3.05) is 5.32 Å². The van der Waals surface area contributed by atoms with Crippen molar-refractivity contribution in [2.45, 2.75) is 25.8 Å². The molecular weight excluding hydrogens is 298 g/mol. The summed E-state index contributed by atoms with van der Waals surface area (Å²) in [5, 5.41) is 3.33. The molecule has 0 radical (unpaired) electrons. The number of hydrogen-bond donors (Lipinski definition) is 1. The SMILES string of the molecule is Brc1cncnc1NCc1cc2c(s1)CCC2. The van der Waals surface area contributed by atoms with Crippen molar-refractivity contribution in [1.82, 2.24) is 9.97 Å². The van der Waals surface area contributed by atoms with Gasteiger partial charge in [0.2, 0.25) is 0 Å². The number of nitrogens with zero attached hydrogens (tertiary/aromatic N) is 2. The maximum atomic E-state index is 4.19. The Kier molecular flexibility index (Phi) is 3.11. The smallest absolute Gasteiger partial charge is 0.144 e. The highest BCUT2D eigenvalue weighted by Crippen LogP contribution is 2.31. The predicted molar refractivity (Wildman–Crippen MR) is 73.4 cm³/mol. The van der Waals surface area contributed by atoms with E-state index in [1.807, 2.05) is 11.3 Å². The molecule has 0 spiro atoms. The van der Waals surface area contributed by atoms with Gasteiger partial charge in [-0.2, -0.15) is 0 Å². The molecule has 2 aromatic heterocycles. The molecular formula is C12H12BrN3S. The number of anilines is 1. The average molecular weight is 310 g/mol. The van der Waals surface area contributed by atoms with Gasteiger partial charge in [-0.25, -0.2) is 9.97 Å². The Morgan fingerprint density at radius 1 is 1.41 bits per heavy atom. The molecule has 17 heavy (non-hydrogen) atoms. The highest BCUT2D eigenvalue weighted by atomic mass is 79.9. The van der Waals surface area contributed by atoms with E-state index >= 15 is 0 Å². The Morgan fingerprint density at radius 2 is 2.35 bits per heavy atom. The van der Waals surface area contributed by atoms with E-state index in [-0.39, 0.29) is 0 Å². The second-order valence-corrected chi connectivity index (χ2v) is 6.16. The third-order valence-corrected chi connectivity index (χ3v) is 4.71. The number of hydrogen-bond acceptors (Lipinski definition) is 4. The number of aryl methyl sites for hydroxylation is 2. The van der Waals surface area contributed by atoms with Gasteiger partial charge < -0.3 is 5.32 Å². The lowest BCUT2D eigenvalue weighted by molar-refractivity contribution is 0.913. The number of fused-ring (bicyclic) bond motifs is 1. The van der Waals surface area contributed by atoms with Crippen molar-refractivity contribution in [3.63, 3.8) is 0 Å². The van der Waals surface area contributed by atoms with Gasteiger partial charge in [-0.1, -0.05) is 0 Å². The summed E-state index contributed by atoms with van der Waals surface area (Å²) in [6.07, 6.45) is 7.15. The normalized spacial score (nSPS) is 13.7. The minimum Gasteiger partial charge on any atom is -0.364 e. The van der Waals surface area contributed by atoms with E-state index in [2.05, 4.69) is 37.3 Å². The van der Waals surface area contributed by atoms with E-state index in [1.54, 1.807) is 23.0 Å². The molecule has 1 aliphatic rings. The Balaban J connectivity index is 1.70. The summed E-state index contributed by atoms with van der Waals surface area (Å²) < 4.78 is 0.907. The van der Waals surface area contributed by atoms with Crippen LogP contribution in [-0.2, 0) is 19.4 Å². The van der Waals surface area contributed by atoms with Crippen LogP contribution in [0.1, 0.15) is 21.7 Å². The van der Waals surface area contributed by atoms with Crippen molar-refractivity contribution >= 4 is 33.1 Å². The van der Waals surface area contributed by atoms with Crippen LogP contribution in [0.4, 0.5) is 5.82 Å². The lowest BCUT2D eigenvalue weighted by Gasteiger charge is -2.04. The van der Waals surface area contributed by atoms with Crippen LogP contribution < -0.4 is 5.32 Å². The molecule has 2 aromatic rings. The van der Waals surface area contributed by atoms with Crippen molar-refractivity contribution < 1.29 is 0 Å². The molecule has 0 amide bonds. The minimum atomic E-state index is 0.841. The fraction of sp³-hybridized carbons (Fsp3) is 0.333. The lowest BCUT2D eigenvalue weighted by Crippen LogP contribution is -2.00. The first-order chi connectivity index (χ1) is 8.33. The van der Waals surface area contributed by atoms with Crippen LogP contribution >= 0.6 is 27.3 Å². The zero-order chi connectivity index (χ0) is 11.7. The third-order valence-electron chi connectivity index (χ3n) is 2.90. The predicted octanol–water partition coefficient (Wildman–Crippen LogP) is 3.40. The van der Waals surface area contributed by atoms with Gasteiger partial charge >= 0.3 is 0 Å². The van der Waals surface area contributed by atoms with Crippen LogP contribution in [0.25, 0.3) is 0 Å². The highest BCUT2D eigenvalue weighted by Gasteiger charge is 2.14. The molecule has 1 aliphatic carbocycles. The first kappa shape index (κ1) is 11.2. The number of nitrogens with one attached hydrogen (secondary N) is 1. The van der Waals surface area contributed by atoms with E-state index in [0.29, 0.717) is 0 Å². The molecule has 88 valence electrons. The maximum absolute atomic E-state index is 4.19. The fourth-order valence-electron chi connectivity index (χ4n) is 2.09. The molecule has 0 saturated carbocycles. The molecule has 0 bridgehead atoms. The molecule has 3 nitrogen and oxygen atoms in total. The first-order valence-electron chi connectivity index (χ1n) is 5.63. The van der Waals surface area contributed by atoms with Gasteiger partial charge in [-0.15, -0.1) is 11.3 Å². The summed E-state index contributed by atoms with van der Waals surface area (Å²) in [6.45, 7) is 0.841. The van der Waals surface area contributed by atoms with Crippen LogP contribution in [0.2, 0.25) is 0 Å². The molecule has 1 N–H and O–H groups in total. The summed E-state index contributed by atoms with van der Waals surface area (Å²) in [4.78, 5) is 11.1. The van der Waals surface area contributed by atoms with Gasteiger partial charge in [0.05, 0.1) is 11.0 Å². The van der Waals surface area contributed by atoms with Crippen LogP contribution in [-0.4, -0.2) is 9.97 Å². The van der Waals surface area contributed by atoms with Crippen LogP contribution in [0, 0.1) is 0 Å². The topological polar surface area (TPSA) is 37.8 Å². The summed E-state index contributed by atoms with van der Waals surface area (Å²) in [5.74, 6) is 0.855. The van der Waals surface area contributed by atoms with E-state index in [4.69, 9.17) is 0 Å². The van der Waals surface area contributed by atoms with E-state index in [9.17, 15) is 0 Å². The van der Waals surface area contributed by atoms with Crippen molar-refractivity contribution in [2.24, 2.45) is 0 Å². The third kappa shape index (κ3) is 2.35. The molecule has 5 heteroatoms. The van der Waals surface area contributed by atoms with Gasteiger partial charge in [-0.05, 0) is 46.8 Å². The van der Waals surface area contributed by atoms with E-state index < -0.39 is 0 Å². The van der Waals surface area contributed by atoms with Crippen molar-refractivity contribution in [3.05, 3.63) is 38.4 Å². The Labute approximate surface area is 112 Å². The van der Waals surface area contributed by atoms with Crippen molar-refractivity contribution in [3.8, 4) is 0 Å². The van der Waals surface area contributed by atoms with E-state index in [1.165, 1.54) is 24.1 Å². The van der Waals surface area contributed by atoms with Gasteiger partial charge in [0.15, 0.2) is 0 Å². The zero-order valence-electron chi connectivity index (χ0n) is 9.24. The van der Waals surface area contributed by atoms with Gasteiger partial charge in [0.25, 0.3) is 0 Å². The fourth-order valence-corrected chi connectivity index (χ4v) is 3.65. The second kappa shape index (κ2) is 4.74. The van der Waals surface area contributed by atoms with Crippen LogP contribution in [0.15, 0.2) is 23.1 Å². The van der Waals surface area contributed by atoms with Crippen LogP contribution in [0.5, 0.6) is 0 Å². The summed E-state index contributed by atoms with van der Waals surface area (Å²) in [7, 11) is 0. The Hall–Kier alpha value is -0.940. The van der Waals surface area contributed by atoms with Gasteiger partial charge in [0, 0.05) is 16.0 Å². The minimum absolute atomic E-state index is 0.841. The van der Waals surface area contributed by atoms with E-state index in [0.717, 1.165) is 16.8 Å². The molecule has 0 saturated heterocycles. The molecule has 3 rings (SSSR count). The van der Waals surface area contributed by atoms with Gasteiger partial charge in [-0.3, -0.25) is 0 Å². The maximum Gasteiger partial charge on any atom is 0.144 e. The second-order valence-electron chi connectivity index (χ2n) is 4.09. The highest BCUT2D eigenvalue weighted by molar-refractivity contribution is 9.10. The summed E-state index contributed by atoms with van der Waals surface area (Å²) in [5.41, 5.74) is 1.55. The summed E-state index contributed by atoms with van der Waals surface area (Å²) >= 11 is 5.36. The van der Waals surface area contributed by atoms with Crippen molar-refractivity contribution in [1.29, 1.82) is 0 Å². The zero-order valence-corrected chi connectivity index (χ0v) is 11.6. The molecule has 2 heterocycles. The molecule has 0 aliphatic heterocycles. The number of halogens is 1. The van der Waals surface area contributed by atoms with Crippen LogP contribution in [0.3, 0.4) is 0 Å². The molecule has 0 unspecified atom stereocenters.